The van der Waals surface area contributed by atoms with Gasteiger partial charge in [0.25, 0.3) is 0 Å². The summed E-state index contributed by atoms with van der Waals surface area (Å²) in [6.07, 6.45) is 6.55. The Bertz CT molecular complexity index is 1980. The lowest BCUT2D eigenvalue weighted by Crippen LogP contribution is -2.24. The van der Waals surface area contributed by atoms with E-state index < -0.39 is 17.5 Å². The predicted molar refractivity (Wildman–Crippen MR) is 175 cm³/mol. The van der Waals surface area contributed by atoms with Crippen LogP contribution in [0.1, 0.15) is 47.4 Å². The minimum Gasteiger partial charge on any atom is -0.477 e. The van der Waals surface area contributed by atoms with E-state index in [0.717, 1.165) is 54.8 Å². The van der Waals surface area contributed by atoms with Crippen molar-refractivity contribution in [1.29, 1.82) is 0 Å². The van der Waals surface area contributed by atoms with Gasteiger partial charge in [-0.2, -0.15) is 0 Å². The van der Waals surface area contributed by atoms with Crippen molar-refractivity contribution in [3.05, 3.63) is 113 Å². The van der Waals surface area contributed by atoms with E-state index in [1.165, 1.54) is 6.07 Å². The minimum atomic E-state index is -1.05. The fourth-order valence-corrected chi connectivity index (χ4v) is 4.58. The second-order valence-corrected chi connectivity index (χ2v) is 11.9. The van der Waals surface area contributed by atoms with Crippen LogP contribution in [0.15, 0.2) is 96.1 Å². The summed E-state index contributed by atoms with van der Waals surface area (Å²) in [7, 11) is 0. The van der Waals surface area contributed by atoms with Gasteiger partial charge < -0.3 is 14.8 Å². The number of carboxylic acid groups (broad SMARTS) is 1. The summed E-state index contributed by atoms with van der Waals surface area (Å²) in [5, 5.41) is 9.99. The van der Waals surface area contributed by atoms with E-state index in [9.17, 15) is 9.59 Å². The Morgan fingerprint density at radius 2 is 1.53 bits per heavy atom. The molecule has 6 rings (SSSR count). The third-order valence-corrected chi connectivity index (χ3v) is 6.86. The van der Waals surface area contributed by atoms with Crippen LogP contribution in [0.3, 0.4) is 0 Å². The summed E-state index contributed by atoms with van der Waals surface area (Å²) >= 11 is 3.24. The van der Waals surface area contributed by atoms with Crippen LogP contribution in [0.4, 0.5) is 0 Å². The monoisotopic (exact) mass is 664 g/mol. The van der Waals surface area contributed by atoms with Crippen LogP contribution < -0.4 is 0 Å². The number of hydrogen-bond acceptors (Lipinski definition) is 8. The summed E-state index contributed by atoms with van der Waals surface area (Å²) in [6.45, 7) is 7.43. The van der Waals surface area contributed by atoms with Crippen molar-refractivity contribution in [2.45, 2.75) is 33.3 Å². The second-order valence-electron chi connectivity index (χ2n) is 11.0. The molecule has 0 radical (unpaired) electrons. The smallest absolute Gasteiger partial charge is 0.357 e. The Kier molecular flexibility index (Phi) is 9.10. The predicted octanol–water partition coefficient (Wildman–Crippen LogP) is 7.55. The maximum absolute atomic E-state index is 11.5. The van der Waals surface area contributed by atoms with Crippen LogP contribution in [0, 0.1) is 6.92 Å². The van der Waals surface area contributed by atoms with Gasteiger partial charge in [-0.3, -0.25) is 9.97 Å². The number of esters is 1. The standard InChI is InChI=1S/C24H17N5O2.C10H12BrNO2/c1-14-3-2-4-20(29-14)23-22(27-13-28-23)15-5-7-19-17(9-15)10-18(12-25-19)16-6-8-21(24(30)31)26-11-16;1-10(2,3)14-9(13)8-5-4-7(11)6-12-8/h2-13H,1H3,(H,27,28)(H,30,31);4-6H,1-3H3. The summed E-state index contributed by atoms with van der Waals surface area (Å²) < 4.78 is 5.98. The Labute approximate surface area is 267 Å². The van der Waals surface area contributed by atoms with Gasteiger partial charge in [0, 0.05) is 50.8 Å². The number of aryl methyl sites for hydroxylation is 1. The molecule has 2 N–H and O–H groups in total. The zero-order valence-electron chi connectivity index (χ0n) is 24.9. The first kappa shape index (κ1) is 31.1. The molecule has 0 aliphatic carbocycles. The Hall–Kier alpha value is -5.29. The molecule has 5 aromatic heterocycles. The molecule has 0 saturated carbocycles. The highest BCUT2D eigenvalue weighted by Gasteiger charge is 2.18. The van der Waals surface area contributed by atoms with Gasteiger partial charge in [-0.25, -0.2) is 24.5 Å². The van der Waals surface area contributed by atoms with Gasteiger partial charge in [0.1, 0.15) is 17.0 Å². The number of ether oxygens (including phenoxy) is 1. The molecular weight excluding hydrogens is 636 g/mol. The zero-order chi connectivity index (χ0) is 32.1. The van der Waals surface area contributed by atoms with Crippen LogP contribution in [0.2, 0.25) is 0 Å². The van der Waals surface area contributed by atoms with Crippen molar-refractivity contribution in [3.8, 4) is 33.8 Å². The number of carboxylic acids is 1. The number of benzene rings is 1. The Morgan fingerprint density at radius 3 is 2.20 bits per heavy atom. The molecule has 10 nitrogen and oxygen atoms in total. The molecule has 6 aromatic rings. The minimum absolute atomic E-state index is 0.00982. The summed E-state index contributed by atoms with van der Waals surface area (Å²) in [5.74, 6) is -1.45. The van der Waals surface area contributed by atoms with Crippen LogP contribution >= 0.6 is 15.9 Å². The van der Waals surface area contributed by atoms with Crippen LogP contribution in [0.5, 0.6) is 0 Å². The van der Waals surface area contributed by atoms with Crippen LogP contribution in [-0.2, 0) is 4.74 Å². The van der Waals surface area contributed by atoms with Gasteiger partial charge in [0.2, 0.25) is 0 Å². The molecule has 0 saturated heterocycles. The average molecular weight is 666 g/mol. The van der Waals surface area contributed by atoms with E-state index in [-0.39, 0.29) is 5.69 Å². The van der Waals surface area contributed by atoms with E-state index in [4.69, 9.17) is 9.84 Å². The number of aromatic carboxylic acids is 1. The number of aromatic nitrogens is 6. The molecular formula is C34H29BrN6O4. The first-order valence-electron chi connectivity index (χ1n) is 13.9. The third-order valence-electron chi connectivity index (χ3n) is 6.39. The lowest BCUT2D eigenvalue weighted by atomic mass is 10.0. The summed E-state index contributed by atoms with van der Waals surface area (Å²) in [4.78, 5) is 47.3. The third kappa shape index (κ3) is 7.81. The number of halogens is 1. The fraction of sp³-hybridized carbons (Fsp3) is 0.147. The van der Waals surface area contributed by atoms with Crippen molar-refractivity contribution in [2.24, 2.45) is 0 Å². The van der Waals surface area contributed by atoms with Crippen molar-refractivity contribution >= 4 is 38.8 Å². The quantitative estimate of drug-likeness (QED) is 0.178. The molecule has 5 heterocycles. The van der Waals surface area contributed by atoms with E-state index >= 15 is 0 Å². The van der Waals surface area contributed by atoms with Crippen LogP contribution in [-0.4, -0.2) is 52.6 Å². The number of nitrogens with one attached hydrogen (secondary N) is 1. The molecule has 0 fully saturated rings. The van der Waals surface area contributed by atoms with Crippen molar-refractivity contribution < 1.29 is 19.4 Å². The molecule has 0 amide bonds. The van der Waals surface area contributed by atoms with E-state index in [0.29, 0.717) is 5.69 Å². The van der Waals surface area contributed by atoms with Crippen LogP contribution in [0.25, 0.3) is 44.7 Å². The number of hydrogen-bond donors (Lipinski definition) is 2. The van der Waals surface area contributed by atoms with E-state index in [1.54, 1.807) is 43.1 Å². The van der Waals surface area contributed by atoms with E-state index in [2.05, 4.69) is 45.8 Å². The number of pyridine rings is 4. The number of aromatic amines is 1. The number of imidazole rings is 1. The molecule has 0 atom stereocenters. The number of H-pyrrole nitrogens is 1. The average Bonchev–Trinajstić information content (AvgIpc) is 3.51. The van der Waals surface area contributed by atoms with Gasteiger partial charge in [-0.05, 0) is 92.2 Å². The first-order valence-corrected chi connectivity index (χ1v) is 14.7. The largest absolute Gasteiger partial charge is 0.477 e. The molecule has 0 aliphatic heterocycles. The molecule has 11 heteroatoms. The van der Waals surface area contributed by atoms with Crippen molar-refractivity contribution in [1.82, 2.24) is 29.9 Å². The number of carbonyl (C=O) groups excluding carboxylic acids is 1. The topological polar surface area (TPSA) is 144 Å². The van der Waals surface area contributed by atoms with Gasteiger partial charge in [0.15, 0.2) is 0 Å². The molecule has 0 spiro atoms. The molecule has 1 aromatic carbocycles. The number of nitrogens with zero attached hydrogens (tertiary/aromatic N) is 5. The molecule has 226 valence electrons. The van der Waals surface area contributed by atoms with E-state index in [1.807, 2.05) is 70.2 Å². The molecule has 0 aliphatic rings. The summed E-state index contributed by atoms with van der Waals surface area (Å²) in [6, 6.07) is 20.5. The van der Waals surface area contributed by atoms with Gasteiger partial charge in [0.05, 0.1) is 28.9 Å². The van der Waals surface area contributed by atoms with Gasteiger partial charge >= 0.3 is 11.9 Å². The van der Waals surface area contributed by atoms with Gasteiger partial charge in [-0.15, -0.1) is 0 Å². The molecule has 0 bridgehead atoms. The highest BCUT2D eigenvalue weighted by Crippen LogP contribution is 2.31. The normalized spacial score (nSPS) is 11.0. The number of fused-ring (bicyclic) bond motifs is 1. The SMILES string of the molecule is CC(C)(C)OC(=O)c1ccc(Br)cn1.Cc1cccc(-c2[nH]cnc2-c2ccc3ncc(-c4ccc(C(=O)O)nc4)cc3c2)n1. The maximum atomic E-state index is 11.5. The van der Waals surface area contributed by atoms with Crippen molar-refractivity contribution in [2.75, 3.05) is 0 Å². The lowest BCUT2D eigenvalue weighted by molar-refractivity contribution is 0.00625. The molecule has 45 heavy (non-hydrogen) atoms. The second kappa shape index (κ2) is 13.1. The first-order chi connectivity index (χ1) is 21.5. The number of rotatable bonds is 5. The highest BCUT2D eigenvalue weighted by atomic mass is 79.9. The Morgan fingerprint density at radius 1 is 0.822 bits per heavy atom. The Balaban J connectivity index is 0.000000241. The number of carbonyl (C=O) groups is 2. The highest BCUT2D eigenvalue weighted by molar-refractivity contribution is 9.10. The maximum Gasteiger partial charge on any atom is 0.357 e. The fourth-order valence-electron chi connectivity index (χ4n) is 4.35. The molecule has 0 unspecified atom stereocenters. The summed E-state index contributed by atoms with van der Waals surface area (Å²) in [5.41, 5.74) is 6.77. The van der Waals surface area contributed by atoms with Crippen molar-refractivity contribution in [3.63, 3.8) is 0 Å². The lowest BCUT2D eigenvalue weighted by Gasteiger charge is -2.18. The van der Waals surface area contributed by atoms with Gasteiger partial charge in [-0.1, -0.05) is 18.2 Å². The zero-order valence-corrected chi connectivity index (χ0v) is 26.5.